The maximum absolute atomic E-state index is 13.9. The standard InChI is InChI=1S/C26H37N3O5/c1-5-13-27-22(31)18-19-24(33)29(14-6-7-15-30)21(26(19)12-11-25(18,4)34-26)23(32)28-20-16(2)9-8-10-17(20)3/h8-10,18-19,21,30H,5-7,11-15H2,1-4H3,(H,27,31)(H,28,32)/t18-,19-,21?,25+,26?/m0/s1. The first kappa shape index (κ1) is 24.7. The van der Waals surface area contributed by atoms with Crippen molar-refractivity contribution >= 4 is 23.4 Å². The molecule has 0 aromatic heterocycles. The van der Waals surface area contributed by atoms with Gasteiger partial charge in [-0.1, -0.05) is 25.1 Å². The average Bonchev–Trinajstić information content (AvgIpc) is 3.36. The van der Waals surface area contributed by atoms with Gasteiger partial charge in [0, 0.05) is 25.4 Å². The van der Waals surface area contributed by atoms with E-state index in [9.17, 15) is 19.5 Å². The van der Waals surface area contributed by atoms with Gasteiger partial charge in [-0.15, -0.1) is 0 Å². The van der Waals surface area contributed by atoms with Gasteiger partial charge < -0.3 is 25.4 Å². The first-order chi connectivity index (χ1) is 16.2. The summed E-state index contributed by atoms with van der Waals surface area (Å²) in [6.45, 7) is 8.66. The Hall–Kier alpha value is -2.45. The molecule has 3 saturated heterocycles. The zero-order chi connectivity index (χ0) is 24.7. The lowest BCUT2D eigenvalue weighted by molar-refractivity contribution is -0.144. The van der Waals surface area contributed by atoms with Gasteiger partial charge in [0.05, 0.1) is 17.4 Å². The fourth-order valence-corrected chi connectivity index (χ4v) is 6.32. The number of nitrogens with one attached hydrogen (secondary N) is 2. The van der Waals surface area contributed by atoms with Crippen molar-refractivity contribution in [3.63, 3.8) is 0 Å². The number of fused-ring (bicyclic) bond motifs is 1. The number of carbonyl (C=O) groups is 3. The smallest absolute Gasteiger partial charge is 0.250 e. The van der Waals surface area contributed by atoms with Crippen LogP contribution in [0.5, 0.6) is 0 Å². The van der Waals surface area contributed by atoms with Crippen LogP contribution in [0.4, 0.5) is 5.69 Å². The molecule has 3 aliphatic heterocycles. The Labute approximate surface area is 201 Å². The Balaban J connectivity index is 1.71. The molecule has 3 amide bonds. The zero-order valence-electron chi connectivity index (χ0n) is 20.6. The Morgan fingerprint density at radius 2 is 1.88 bits per heavy atom. The molecule has 1 aromatic rings. The van der Waals surface area contributed by atoms with E-state index in [1.54, 1.807) is 4.90 Å². The van der Waals surface area contributed by atoms with E-state index < -0.39 is 29.1 Å². The van der Waals surface area contributed by atoms with E-state index in [1.165, 1.54) is 0 Å². The molecule has 0 aliphatic carbocycles. The van der Waals surface area contributed by atoms with E-state index in [0.29, 0.717) is 38.8 Å². The van der Waals surface area contributed by atoms with Gasteiger partial charge in [0.2, 0.25) is 17.7 Å². The molecule has 0 radical (unpaired) electrons. The number of rotatable bonds is 9. The van der Waals surface area contributed by atoms with E-state index in [4.69, 9.17) is 4.74 Å². The monoisotopic (exact) mass is 471 g/mol. The lowest BCUT2D eigenvalue weighted by Gasteiger charge is -2.33. The second kappa shape index (κ2) is 9.30. The highest BCUT2D eigenvalue weighted by Crippen LogP contribution is 2.63. The summed E-state index contributed by atoms with van der Waals surface area (Å²) in [6, 6.07) is 5.00. The van der Waals surface area contributed by atoms with Crippen molar-refractivity contribution in [3.8, 4) is 0 Å². The number of ether oxygens (including phenoxy) is 1. The topological polar surface area (TPSA) is 108 Å². The fourth-order valence-electron chi connectivity index (χ4n) is 6.32. The lowest BCUT2D eigenvalue weighted by atomic mass is 9.66. The molecular weight excluding hydrogens is 434 g/mol. The molecule has 1 spiro atoms. The Morgan fingerprint density at radius 3 is 2.53 bits per heavy atom. The van der Waals surface area contributed by atoms with E-state index in [-0.39, 0.29) is 24.3 Å². The molecule has 3 fully saturated rings. The SMILES string of the molecule is CCCNC(=O)[C@@H]1[C@H]2C(=O)N(CCCCO)C(C(=O)Nc3c(C)cccc3C)C23CC[C@@]1(C)O3. The largest absolute Gasteiger partial charge is 0.396 e. The normalized spacial score (nSPS) is 31.6. The highest BCUT2D eigenvalue weighted by atomic mass is 16.5. The number of benzene rings is 1. The number of aliphatic hydroxyl groups excluding tert-OH is 1. The number of para-hydroxylation sites is 1. The number of anilines is 1. The quantitative estimate of drug-likeness (QED) is 0.479. The minimum Gasteiger partial charge on any atom is -0.396 e. The van der Waals surface area contributed by atoms with Crippen LogP contribution in [-0.2, 0) is 19.1 Å². The van der Waals surface area contributed by atoms with Crippen LogP contribution >= 0.6 is 0 Å². The molecule has 2 unspecified atom stereocenters. The van der Waals surface area contributed by atoms with Crippen molar-refractivity contribution < 1.29 is 24.2 Å². The number of carbonyl (C=O) groups excluding carboxylic acids is 3. The number of aryl methyl sites for hydroxylation is 2. The van der Waals surface area contributed by atoms with Crippen LogP contribution < -0.4 is 10.6 Å². The van der Waals surface area contributed by atoms with Crippen LogP contribution in [0.1, 0.15) is 57.1 Å². The molecular formula is C26H37N3O5. The Kier molecular flexibility index (Phi) is 6.75. The summed E-state index contributed by atoms with van der Waals surface area (Å²) in [4.78, 5) is 42.5. The fraction of sp³-hybridized carbons (Fsp3) is 0.654. The van der Waals surface area contributed by atoms with E-state index >= 15 is 0 Å². The second-order valence-corrected chi connectivity index (χ2v) is 10.2. The summed E-state index contributed by atoms with van der Waals surface area (Å²) in [6.07, 6.45) is 3.08. The second-order valence-electron chi connectivity index (χ2n) is 10.2. The highest BCUT2D eigenvalue weighted by Gasteiger charge is 2.77. The van der Waals surface area contributed by atoms with Gasteiger partial charge in [-0.25, -0.2) is 0 Å². The maximum Gasteiger partial charge on any atom is 0.250 e. The van der Waals surface area contributed by atoms with Crippen molar-refractivity contribution in [2.75, 3.05) is 25.0 Å². The number of unbranched alkanes of at least 4 members (excludes halogenated alkanes) is 1. The van der Waals surface area contributed by atoms with Gasteiger partial charge in [-0.05, 0) is 64.0 Å². The maximum atomic E-state index is 13.9. The van der Waals surface area contributed by atoms with Crippen LogP contribution in [0, 0.1) is 25.7 Å². The molecule has 8 heteroatoms. The minimum atomic E-state index is -1.03. The van der Waals surface area contributed by atoms with E-state index in [2.05, 4.69) is 10.6 Å². The van der Waals surface area contributed by atoms with Crippen molar-refractivity contribution in [3.05, 3.63) is 29.3 Å². The van der Waals surface area contributed by atoms with Crippen molar-refractivity contribution in [2.24, 2.45) is 11.8 Å². The summed E-state index contributed by atoms with van der Waals surface area (Å²) >= 11 is 0. The number of amides is 3. The van der Waals surface area contributed by atoms with Crippen molar-refractivity contribution in [2.45, 2.75) is 77.0 Å². The summed E-state index contributed by atoms with van der Waals surface area (Å²) in [5.74, 6) is -1.96. The molecule has 5 atom stereocenters. The number of aliphatic hydroxyl groups is 1. The van der Waals surface area contributed by atoms with Gasteiger partial charge in [-0.3, -0.25) is 14.4 Å². The van der Waals surface area contributed by atoms with Crippen LogP contribution in [0.2, 0.25) is 0 Å². The van der Waals surface area contributed by atoms with Crippen LogP contribution in [0.15, 0.2) is 18.2 Å². The number of hydrogen-bond donors (Lipinski definition) is 3. The summed E-state index contributed by atoms with van der Waals surface area (Å²) in [5, 5.41) is 15.3. The first-order valence-corrected chi connectivity index (χ1v) is 12.5. The summed E-state index contributed by atoms with van der Waals surface area (Å²) in [7, 11) is 0. The van der Waals surface area contributed by atoms with Gasteiger partial charge in [0.15, 0.2) is 0 Å². The van der Waals surface area contributed by atoms with Crippen LogP contribution in [0.3, 0.4) is 0 Å². The Bertz CT molecular complexity index is 961. The third kappa shape index (κ3) is 3.81. The number of likely N-dealkylation sites (tertiary alicyclic amines) is 1. The molecule has 34 heavy (non-hydrogen) atoms. The zero-order valence-corrected chi connectivity index (χ0v) is 20.6. The molecule has 0 saturated carbocycles. The van der Waals surface area contributed by atoms with Crippen molar-refractivity contribution in [1.82, 2.24) is 10.2 Å². The molecule has 3 N–H and O–H groups in total. The van der Waals surface area contributed by atoms with Gasteiger partial charge in [0.1, 0.15) is 11.6 Å². The van der Waals surface area contributed by atoms with Gasteiger partial charge in [0.25, 0.3) is 0 Å². The van der Waals surface area contributed by atoms with Gasteiger partial charge in [-0.2, -0.15) is 0 Å². The van der Waals surface area contributed by atoms with E-state index in [0.717, 1.165) is 23.2 Å². The molecule has 3 heterocycles. The molecule has 8 nitrogen and oxygen atoms in total. The molecule has 4 rings (SSSR count). The molecule has 3 aliphatic rings. The first-order valence-electron chi connectivity index (χ1n) is 12.5. The minimum absolute atomic E-state index is 0.0203. The highest BCUT2D eigenvalue weighted by molar-refractivity contribution is 6.04. The molecule has 186 valence electrons. The van der Waals surface area contributed by atoms with Gasteiger partial charge >= 0.3 is 0 Å². The van der Waals surface area contributed by atoms with Crippen LogP contribution in [-0.4, -0.2) is 64.7 Å². The third-order valence-corrected chi connectivity index (χ3v) is 7.89. The van der Waals surface area contributed by atoms with Crippen LogP contribution in [0.25, 0.3) is 0 Å². The van der Waals surface area contributed by atoms with Crippen molar-refractivity contribution in [1.29, 1.82) is 0 Å². The number of nitrogens with zero attached hydrogens (tertiary/aromatic N) is 1. The Morgan fingerprint density at radius 1 is 1.18 bits per heavy atom. The third-order valence-electron chi connectivity index (χ3n) is 7.89. The molecule has 2 bridgehead atoms. The summed E-state index contributed by atoms with van der Waals surface area (Å²) < 4.78 is 6.59. The summed E-state index contributed by atoms with van der Waals surface area (Å²) in [5.41, 5.74) is 0.830. The molecule has 1 aromatic carbocycles. The predicted molar refractivity (Wildman–Crippen MR) is 128 cm³/mol. The number of hydrogen-bond acceptors (Lipinski definition) is 5. The lowest BCUT2D eigenvalue weighted by Crippen LogP contribution is -2.53. The van der Waals surface area contributed by atoms with E-state index in [1.807, 2.05) is 45.9 Å². The average molecular weight is 472 g/mol. The predicted octanol–water partition coefficient (Wildman–Crippen LogP) is 2.31.